The second kappa shape index (κ2) is 8.81. The van der Waals surface area contributed by atoms with Crippen LogP contribution in [0, 0.1) is 11.2 Å². The number of para-hydroxylation sites is 2. The van der Waals surface area contributed by atoms with Gasteiger partial charge in [0.25, 0.3) is 5.91 Å². The zero-order valence-corrected chi connectivity index (χ0v) is 20.8. The number of fused-ring (bicyclic) bond motifs is 1. The molecule has 5 rings (SSSR count). The van der Waals surface area contributed by atoms with Gasteiger partial charge in [0.2, 0.25) is 0 Å². The number of hydrogen-bond acceptors (Lipinski definition) is 3. The van der Waals surface area contributed by atoms with Crippen molar-refractivity contribution in [1.82, 2.24) is 0 Å². The first-order chi connectivity index (χ1) is 16.6. The number of amides is 1. The number of benzene rings is 3. The second-order valence-electron chi connectivity index (χ2n) is 9.73. The van der Waals surface area contributed by atoms with Gasteiger partial charge in [0.1, 0.15) is 5.82 Å². The molecule has 0 radical (unpaired) electrons. The van der Waals surface area contributed by atoms with E-state index in [9.17, 15) is 14.0 Å². The maximum Gasteiger partial charge on any atom is 0.259 e. The van der Waals surface area contributed by atoms with E-state index in [0.29, 0.717) is 51.0 Å². The SMILES string of the molecule is CC1(C)CC(=O)C2=C(C1)Nc1ccccc1N(C(=O)c1ccc(F)cc1)C2c1ccc(Cl)cc1Cl. The van der Waals surface area contributed by atoms with E-state index < -0.39 is 11.9 Å². The topological polar surface area (TPSA) is 49.4 Å². The molecule has 1 aliphatic heterocycles. The summed E-state index contributed by atoms with van der Waals surface area (Å²) >= 11 is 12.9. The van der Waals surface area contributed by atoms with Crippen LogP contribution in [0.2, 0.25) is 10.0 Å². The van der Waals surface area contributed by atoms with Gasteiger partial charge in [-0.2, -0.15) is 0 Å². The lowest BCUT2D eigenvalue weighted by Gasteiger charge is -2.37. The molecular formula is C28H23Cl2FN2O2. The standard InChI is InChI=1S/C28H23Cl2FN2O2/c1-28(2)14-22-25(24(34)15-28)26(19-12-9-17(29)13-20(19)30)33(23-6-4-3-5-21(23)32-22)27(35)16-7-10-18(31)11-8-16/h3-13,26,32H,14-15H2,1-2H3. The molecule has 178 valence electrons. The molecule has 0 aromatic heterocycles. The summed E-state index contributed by atoms with van der Waals surface area (Å²) in [6.45, 7) is 4.11. The number of Topliss-reactive ketones (excluding diaryl/α,β-unsaturated/α-hetero) is 1. The smallest absolute Gasteiger partial charge is 0.259 e. The van der Waals surface area contributed by atoms with E-state index in [0.717, 1.165) is 5.70 Å². The molecule has 1 N–H and O–H groups in total. The average Bonchev–Trinajstić information content (AvgIpc) is 2.92. The van der Waals surface area contributed by atoms with Crippen molar-refractivity contribution in [1.29, 1.82) is 0 Å². The summed E-state index contributed by atoms with van der Waals surface area (Å²) in [5, 5.41) is 4.26. The van der Waals surface area contributed by atoms with E-state index in [1.807, 2.05) is 24.3 Å². The quantitative estimate of drug-likeness (QED) is 0.387. The monoisotopic (exact) mass is 508 g/mol. The van der Waals surface area contributed by atoms with Crippen molar-refractivity contribution in [2.75, 3.05) is 10.2 Å². The highest BCUT2D eigenvalue weighted by molar-refractivity contribution is 6.35. The highest BCUT2D eigenvalue weighted by Gasteiger charge is 2.44. The van der Waals surface area contributed by atoms with Crippen LogP contribution in [0.3, 0.4) is 0 Å². The third kappa shape index (κ3) is 4.35. The van der Waals surface area contributed by atoms with Gasteiger partial charge in [-0.05, 0) is 65.9 Å². The summed E-state index contributed by atoms with van der Waals surface area (Å²) in [5.74, 6) is -0.863. The van der Waals surface area contributed by atoms with Crippen LogP contribution in [0.15, 0.2) is 78.0 Å². The van der Waals surface area contributed by atoms with Gasteiger partial charge in [0.15, 0.2) is 5.78 Å². The first kappa shape index (κ1) is 23.6. The number of rotatable bonds is 2. The summed E-state index contributed by atoms with van der Waals surface area (Å²) in [6, 6.07) is 17.1. The van der Waals surface area contributed by atoms with Gasteiger partial charge in [-0.15, -0.1) is 0 Å². The van der Waals surface area contributed by atoms with Crippen molar-refractivity contribution in [2.24, 2.45) is 5.41 Å². The van der Waals surface area contributed by atoms with E-state index in [1.165, 1.54) is 24.3 Å². The molecule has 0 saturated heterocycles. The van der Waals surface area contributed by atoms with Crippen LogP contribution < -0.4 is 10.2 Å². The molecule has 0 spiro atoms. The van der Waals surface area contributed by atoms with Crippen molar-refractivity contribution >= 4 is 46.3 Å². The number of anilines is 2. The third-order valence-corrected chi connectivity index (χ3v) is 7.03. The van der Waals surface area contributed by atoms with Gasteiger partial charge < -0.3 is 5.32 Å². The van der Waals surface area contributed by atoms with Gasteiger partial charge in [-0.1, -0.05) is 55.2 Å². The lowest BCUT2D eigenvalue weighted by molar-refractivity contribution is -0.118. The maximum absolute atomic E-state index is 14.1. The summed E-state index contributed by atoms with van der Waals surface area (Å²) in [7, 11) is 0. The van der Waals surface area contributed by atoms with Crippen LogP contribution in [0.4, 0.5) is 15.8 Å². The summed E-state index contributed by atoms with van der Waals surface area (Å²) < 4.78 is 13.7. The lowest BCUT2D eigenvalue weighted by atomic mass is 9.73. The van der Waals surface area contributed by atoms with Gasteiger partial charge in [0.05, 0.1) is 17.4 Å². The Labute approximate surface area is 213 Å². The van der Waals surface area contributed by atoms with Crippen LogP contribution in [0.25, 0.3) is 0 Å². The number of allylic oxidation sites excluding steroid dienone is 1. The fourth-order valence-corrected chi connectivity index (χ4v) is 5.47. The predicted octanol–water partition coefficient (Wildman–Crippen LogP) is 7.59. The minimum Gasteiger partial charge on any atom is -0.357 e. The molecule has 1 atom stereocenters. The summed E-state index contributed by atoms with van der Waals surface area (Å²) in [4.78, 5) is 29.4. The first-order valence-corrected chi connectivity index (χ1v) is 12.1. The molecule has 1 heterocycles. The van der Waals surface area contributed by atoms with E-state index in [4.69, 9.17) is 23.2 Å². The average molecular weight is 509 g/mol. The summed E-state index contributed by atoms with van der Waals surface area (Å²) in [5.41, 5.74) is 3.20. The molecule has 2 aliphatic rings. The number of ketones is 1. The molecule has 1 unspecified atom stereocenters. The number of carbonyl (C=O) groups is 2. The van der Waals surface area contributed by atoms with Crippen molar-refractivity contribution in [3.8, 4) is 0 Å². The van der Waals surface area contributed by atoms with E-state index >= 15 is 0 Å². The number of carbonyl (C=O) groups excluding carboxylic acids is 2. The van der Waals surface area contributed by atoms with Crippen LogP contribution >= 0.6 is 23.2 Å². The second-order valence-corrected chi connectivity index (χ2v) is 10.6. The zero-order valence-electron chi connectivity index (χ0n) is 19.2. The van der Waals surface area contributed by atoms with Crippen molar-refractivity contribution < 1.29 is 14.0 Å². The largest absolute Gasteiger partial charge is 0.357 e. The molecule has 1 amide bonds. The number of halogens is 3. The minimum absolute atomic E-state index is 0.0514. The Morgan fingerprint density at radius 2 is 1.74 bits per heavy atom. The maximum atomic E-state index is 14.1. The minimum atomic E-state index is -0.799. The Bertz CT molecular complexity index is 1380. The molecule has 4 nitrogen and oxygen atoms in total. The molecule has 35 heavy (non-hydrogen) atoms. The molecule has 3 aromatic rings. The molecule has 1 aliphatic carbocycles. The van der Waals surface area contributed by atoms with Gasteiger partial charge in [-0.3, -0.25) is 14.5 Å². The fraction of sp³-hybridized carbons (Fsp3) is 0.214. The Hall–Kier alpha value is -3.15. The third-order valence-electron chi connectivity index (χ3n) is 6.47. The van der Waals surface area contributed by atoms with Crippen LogP contribution in [0.1, 0.15) is 48.7 Å². The van der Waals surface area contributed by atoms with Crippen LogP contribution in [-0.2, 0) is 4.79 Å². The highest BCUT2D eigenvalue weighted by Crippen LogP contribution is 2.49. The Kier molecular flexibility index (Phi) is 5.94. The van der Waals surface area contributed by atoms with Gasteiger partial charge in [0, 0.05) is 33.3 Å². The normalized spacial score (nSPS) is 18.9. The Morgan fingerprint density at radius 3 is 2.46 bits per heavy atom. The summed E-state index contributed by atoms with van der Waals surface area (Å²) in [6.07, 6.45) is 0.965. The van der Waals surface area contributed by atoms with Gasteiger partial charge in [-0.25, -0.2) is 4.39 Å². The van der Waals surface area contributed by atoms with Crippen LogP contribution in [-0.4, -0.2) is 11.7 Å². The predicted molar refractivity (Wildman–Crippen MR) is 138 cm³/mol. The van der Waals surface area contributed by atoms with Crippen LogP contribution in [0.5, 0.6) is 0 Å². The molecular weight excluding hydrogens is 486 g/mol. The first-order valence-electron chi connectivity index (χ1n) is 11.3. The van der Waals surface area contributed by atoms with Crippen molar-refractivity contribution in [3.63, 3.8) is 0 Å². The lowest BCUT2D eigenvalue weighted by Crippen LogP contribution is -2.39. The Morgan fingerprint density at radius 1 is 1.03 bits per heavy atom. The number of hydrogen-bond donors (Lipinski definition) is 1. The van der Waals surface area contributed by atoms with Crippen molar-refractivity contribution in [3.05, 3.63) is 105 Å². The molecule has 0 fully saturated rings. The molecule has 0 bridgehead atoms. The zero-order chi connectivity index (χ0) is 24.9. The molecule has 0 saturated carbocycles. The molecule has 7 heteroatoms. The number of nitrogens with one attached hydrogen (secondary N) is 1. The fourth-order valence-electron chi connectivity index (χ4n) is 4.96. The van der Waals surface area contributed by atoms with E-state index in [2.05, 4.69) is 19.2 Å². The van der Waals surface area contributed by atoms with E-state index in [-0.39, 0.29) is 17.1 Å². The molecule has 3 aromatic carbocycles. The highest BCUT2D eigenvalue weighted by atomic mass is 35.5. The number of nitrogens with zero attached hydrogens (tertiary/aromatic N) is 1. The Balaban J connectivity index is 1.81. The van der Waals surface area contributed by atoms with E-state index in [1.54, 1.807) is 23.1 Å². The van der Waals surface area contributed by atoms with Gasteiger partial charge >= 0.3 is 0 Å². The van der Waals surface area contributed by atoms with Crippen molar-refractivity contribution in [2.45, 2.75) is 32.7 Å².